The first kappa shape index (κ1) is 16.6. The molecular formula is C18H17FN4O2. The summed E-state index contributed by atoms with van der Waals surface area (Å²) in [7, 11) is 1.71. The van der Waals surface area contributed by atoms with E-state index in [1.165, 1.54) is 18.5 Å². The summed E-state index contributed by atoms with van der Waals surface area (Å²) >= 11 is 0. The minimum Gasteiger partial charge on any atom is -0.492 e. The quantitative estimate of drug-likeness (QED) is 0.692. The first-order valence-electron chi connectivity index (χ1n) is 7.72. The Morgan fingerprint density at radius 3 is 2.52 bits per heavy atom. The number of carbonyl (C=O) groups is 1. The van der Waals surface area contributed by atoms with Crippen molar-refractivity contribution in [2.45, 2.75) is 0 Å². The zero-order valence-corrected chi connectivity index (χ0v) is 13.7. The Kier molecular flexibility index (Phi) is 5.03. The summed E-state index contributed by atoms with van der Waals surface area (Å²) in [5, 5.41) is 4.04. The smallest absolute Gasteiger partial charge is 0.253 e. The van der Waals surface area contributed by atoms with Crippen molar-refractivity contribution in [3.05, 3.63) is 72.6 Å². The van der Waals surface area contributed by atoms with Crippen LogP contribution in [-0.2, 0) is 0 Å². The highest BCUT2D eigenvalue weighted by Crippen LogP contribution is 2.12. The van der Waals surface area contributed by atoms with Gasteiger partial charge in [-0.15, -0.1) is 0 Å². The molecule has 128 valence electrons. The van der Waals surface area contributed by atoms with Gasteiger partial charge in [-0.25, -0.2) is 14.1 Å². The van der Waals surface area contributed by atoms with Crippen molar-refractivity contribution >= 4 is 5.91 Å². The van der Waals surface area contributed by atoms with Gasteiger partial charge in [-0.05, 0) is 48.5 Å². The molecule has 0 spiro atoms. The van der Waals surface area contributed by atoms with Crippen molar-refractivity contribution in [3.63, 3.8) is 0 Å². The van der Waals surface area contributed by atoms with Gasteiger partial charge in [0, 0.05) is 12.6 Å². The van der Waals surface area contributed by atoms with Crippen molar-refractivity contribution in [2.75, 3.05) is 20.2 Å². The van der Waals surface area contributed by atoms with Crippen LogP contribution in [-0.4, -0.2) is 45.8 Å². The largest absolute Gasteiger partial charge is 0.492 e. The summed E-state index contributed by atoms with van der Waals surface area (Å²) in [5.74, 6) is 0.154. The van der Waals surface area contributed by atoms with Gasteiger partial charge in [0.2, 0.25) is 0 Å². The van der Waals surface area contributed by atoms with Crippen LogP contribution >= 0.6 is 0 Å². The van der Waals surface area contributed by atoms with Crippen molar-refractivity contribution in [1.29, 1.82) is 0 Å². The number of nitrogens with zero attached hydrogens (tertiary/aromatic N) is 4. The van der Waals surface area contributed by atoms with E-state index in [1.807, 2.05) is 12.1 Å². The molecule has 1 heterocycles. The number of carbonyl (C=O) groups excluding carboxylic acids is 1. The van der Waals surface area contributed by atoms with E-state index in [9.17, 15) is 9.18 Å². The predicted molar refractivity (Wildman–Crippen MR) is 90.2 cm³/mol. The molecular weight excluding hydrogens is 323 g/mol. The second kappa shape index (κ2) is 7.57. The zero-order chi connectivity index (χ0) is 17.6. The molecule has 2 aromatic carbocycles. The van der Waals surface area contributed by atoms with Crippen LogP contribution in [0, 0.1) is 5.82 Å². The van der Waals surface area contributed by atoms with Gasteiger partial charge >= 0.3 is 0 Å². The molecule has 6 nitrogen and oxygen atoms in total. The van der Waals surface area contributed by atoms with E-state index >= 15 is 0 Å². The lowest BCUT2D eigenvalue weighted by Gasteiger charge is -2.17. The van der Waals surface area contributed by atoms with Gasteiger partial charge in [-0.1, -0.05) is 0 Å². The van der Waals surface area contributed by atoms with Crippen molar-refractivity contribution in [2.24, 2.45) is 0 Å². The summed E-state index contributed by atoms with van der Waals surface area (Å²) in [6.07, 6.45) is 3.05. The Morgan fingerprint density at radius 1 is 1.16 bits per heavy atom. The molecule has 0 saturated carbocycles. The zero-order valence-electron chi connectivity index (χ0n) is 13.7. The highest BCUT2D eigenvalue weighted by Gasteiger charge is 2.12. The molecule has 25 heavy (non-hydrogen) atoms. The van der Waals surface area contributed by atoms with Gasteiger partial charge < -0.3 is 9.64 Å². The van der Waals surface area contributed by atoms with Crippen LogP contribution in [0.2, 0.25) is 0 Å². The fraction of sp³-hybridized carbons (Fsp3) is 0.167. The predicted octanol–water partition coefficient (Wildman–Crippen LogP) is 2.56. The standard InChI is InChI=1S/C18H17FN4O2/c1-22(10-11-25-17-8-4-15(19)5-9-17)18(24)14-2-6-16(7-3-14)23-13-20-12-21-23/h2-9,12-13H,10-11H2,1H3. The molecule has 0 unspecified atom stereocenters. The minimum atomic E-state index is -0.311. The molecule has 3 aromatic rings. The summed E-state index contributed by atoms with van der Waals surface area (Å²) in [6.45, 7) is 0.742. The van der Waals surface area contributed by atoms with Crippen molar-refractivity contribution in [1.82, 2.24) is 19.7 Å². The second-order valence-corrected chi connectivity index (χ2v) is 5.42. The molecule has 0 saturated heterocycles. The summed E-state index contributed by atoms with van der Waals surface area (Å²) < 4.78 is 20.0. The van der Waals surface area contributed by atoms with Crippen LogP contribution in [0.1, 0.15) is 10.4 Å². The maximum absolute atomic E-state index is 12.8. The molecule has 1 amide bonds. The lowest BCUT2D eigenvalue weighted by molar-refractivity contribution is 0.0774. The maximum Gasteiger partial charge on any atom is 0.253 e. The molecule has 0 aliphatic carbocycles. The molecule has 0 aliphatic rings. The second-order valence-electron chi connectivity index (χ2n) is 5.42. The molecule has 0 aliphatic heterocycles. The molecule has 0 bridgehead atoms. The number of ether oxygens (including phenoxy) is 1. The number of hydrogen-bond acceptors (Lipinski definition) is 4. The topological polar surface area (TPSA) is 60.2 Å². The lowest BCUT2D eigenvalue weighted by atomic mass is 10.2. The Labute approximate surface area is 144 Å². The van der Waals surface area contributed by atoms with Gasteiger partial charge in [0.15, 0.2) is 0 Å². The lowest BCUT2D eigenvalue weighted by Crippen LogP contribution is -2.30. The van der Waals surface area contributed by atoms with Crippen molar-refractivity contribution < 1.29 is 13.9 Å². The van der Waals surface area contributed by atoms with E-state index in [-0.39, 0.29) is 11.7 Å². The normalized spacial score (nSPS) is 10.5. The van der Waals surface area contributed by atoms with Crippen LogP contribution in [0.25, 0.3) is 5.69 Å². The summed E-state index contributed by atoms with van der Waals surface area (Å²) in [5.41, 5.74) is 1.41. The molecule has 0 fully saturated rings. The number of halogens is 1. The number of benzene rings is 2. The first-order valence-corrected chi connectivity index (χ1v) is 7.72. The van der Waals surface area contributed by atoms with E-state index < -0.39 is 0 Å². The van der Waals surface area contributed by atoms with E-state index in [2.05, 4.69) is 10.1 Å². The number of amides is 1. The first-order chi connectivity index (χ1) is 12.1. The van der Waals surface area contributed by atoms with Crippen LogP contribution < -0.4 is 4.74 Å². The van der Waals surface area contributed by atoms with Crippen LogP contribution in [0.3, 0.4) is 0 Å². The molecule has 1 aromatic heterocycles. The Hall–Kier alpha value is -3.22. The van der Waals surface area contributed by atoms with Gasteiger partial charge in [-0.2, -0.15) is 5.10 Å². The van der Waals surface area contributed by atoms with Gasteiger partial charge in [0.1, 0.15) is 30.8 Å². The van der Waals surface area contributed by atoms with E-state index in [1.54, 1.807) is 47.2 Å². The average molecular weight is 340 g/mol. The van der Waals surface area contributed by atoms with Gasteiger partial charge in [0.05, 0.1) is 12.2 Å². The highest BCUT2D eigenvalue weighted by molar-refractivity contribution is 5.94. The summed E-state index contributed by atoms with van der Waals surface area (Å²) in [4.78, 5) is 17.9. The van der Waals surface area contributed by atoms with Crippen LogP contribution in [0.4, 0.5) is 4.39 Å². The molecule has 7 heteroatoms. The number of hydrogen-bond donors (Lipinski definition) is 0. The fourth-order valence-corrected chi connectivity index (χ4v) is 2.25. The number of rotatable bonds is 6. The van der Waals surface area contributed by atoms with Crippen molar-refractivity contribution in [3.8, 4) is 11.4 Å². The maximum atomic E-state index is 12.8. The van der Waals surface area contributed by atoms with Gasteiger partial charge in [0.25, 0.3) is 5.91 Å². The SMILES string of the molecule is CN(CCOc1ccc(F)cc1)C(=O)c1ccc(-n2cncn2)cc1. The third-order valence-electron chi connectivity index (χ3n) is 3.65. The fourth-order valence-electron chi connectivity index (χ4n) is 2.25. The number of likely N-dealkylation sites (N-methyl/N-ethyl adjacent to an activating group) is 1. The monoisotopic (exact) mass is 340 g/mol. The Morgan fingerprint density at radius 2 is 1.88 bits per heavy atom. The molecule has 3 rings (SSSR count). The minimum absolute atomic E-state index is 0.104. The van der Waals surface area contributed by atoms with E-state index in [4.69, 9.17) is 4.74 Å². The van der Waals surface area contributed by atoms with Crippen LogP contribution in [0.15, 0.2) is 61.2 Å². The van der Waals surface area contributed by atoms with Gasteiger partial charge in [-0.3, -0.25) is 4.79 Å². The third-order valence-corrected chi connectivity index (χ3v) is 3.65. The average Bonchev–Trinajstić information content (AvgIpc) is 3.17. The molecule has 0 atom stereocenters. The van der Waals surface area contributed by atoms with Crippen LogP contribution in [0.5, 0.6) is 5.75 Å². The number of aromatic nitrogens is 3. The Bertz CT molecular complexity index is 817. The van der Waals surface area contributed by atoms with E-state index in [0.29, 0.717) is 24.5 Å². The third kappa shape index (κ3) is 4.20. The summed E-state index contributed by atoms with van der Waals surface area (Å²) in [6, 6.07) is 12.9. The Balaban J connectivity index is 1.54. The van der Waals surface area contributed by atoms with E-state index in [0.717, 1.165) is 5.69 Å². The molecule has 0 radical (unpaired) electrons. The molecule has 0 N–H and O–H groups in total. The highest BCUT2D eigenvalue weighted by atomic mass is 19.1.